The molecule has 0 bridgehead atoms. The maximum Gasteiger partial charge on any atom is 0.279 e. The molecule has 0 fully saturated rings. The summed E-state index contributed by atoms with van der Waals surface area (Å²) < 4.78 is 18.7. The minimum absolute atomic E-state index is 0.0604. The number of nitrogens with one attached hydrogen (secondary N) is 2. The lowest BCUT2D eigenvalue weighted by atomic mass is 10.2. The summed E-state index contributed by atoms with van der Waals surface area (Å²) in [6.45, 7) is 1.42. The predicted molar refractivity (Wildman–Crippen MR) is 98.3 cm³/mol. The van der Waals surface area contributed by atoms with E-state index in [4.69, 9.17) is 27.9 Å². The molecule has 2 amide bonds. The van der Waals surface area contributed by atoms with Crippen molar-refractivity contribution in [3.8, 4) is 5.75 Å². The van der Waals surface area contributed by atoms with E-state index in [-0.39, 0.29) is 5.75 Å². The fourth-order valence-electron chi connectivity index (χ4n) is 1.88. The largest absolute Gasteiger partial charge is 0.478 e. The minimum atomic E-state index is -1.02. The average molecular weight is 397 g/mol. The molecule has 8 heteroatoms. The molecule has 0 aliphatic rings. The maximum absolute atomic E-state index is 13.5. The van der Waals surface area contributed by atoms with Crippen LogP contribution in [0.15, 0.2) is 48.5 Å². The number of hydrogen-bond donors (Lipinski definition) is 2. The van der Waals surface area contributed by atoms with Crippen molar-refractivity contribution in [2.45, 2.75) is 13.0 Å². The Bertz CT molecular complexity index is 823. The third-order valence-corrected chi connectivity index (χ3v) is 3.88. The fraction of sp³-hybridized carbons (Fsp3) is 0.111. The van der Waals surface area contributed by atoms with Crippen LogP contribution in [0.3, 0.4) is 0 Å². The topological polar surface area (TPSA) is 67.4 Å². The smallest absolute Gasteiger partial charge is 0.279 e. The molecule has 1 atom stereocenters. The summed E-state index contributed by atoms with van der Waals surface area (Å²) in [7, 11) is 0. The molecule has 136 valence electrons. The van der Waals surface area contributed by atoms with Crippen LogP contribution >= 0.6 is 23.2 Å². The highest BCUT2D eigenvalue weighted by Gasteiger charge is 2.16. The average Bonchev–Trinajstić information content (AvgIpc) is 2.61. The second kappa shape index (κ2) is 9.22. The fourth-order valence-corrected chi connectivity index (χ4v) is 2.40. The quantitative estimate of drug-likeness (QED) is 0.597. The molecule has 26 heavy (non-hydrogen) atoms. The van der Waals surface area contributed by atoms with Gasteiger partial charge in [-0.2, -0.15) is 0 Å². The van der Waals surface area contributed by atoms with E-state index in [9.17, 15) is 14.0 Å². The Hall–Kier alpha value is -2.57. The number of benzene rings is 2. The number of carbonyl (C=O) groups is 2. The first-order valence-electron chi connectivity index (χ1n) is 7.51. The molecule has 2 aromatic rings. The predicted octanol–water partition coefficient (Wildman–Crippen LogP) is 3.76. The van der Waals surface area contributed by atoms with Crippen LogP contribution in [0.1, 0.15) is 12.5 Å². The van der Waals surface area contributed by atoms with Crippen LogP contribution in [-0.2, 0) is 9.59 Å². The van der Waals surface area contributed by atoms with Gasteiger partial charge < -0.3 is 4.74 Å². The number of rotatable bonds is 5. The second-order valence-electron chi connectivity index (χ2n) is 5.14. The highest BCUT2D eigenvalue weighted by molar-refractivity contribution is 6.37. The van der Waals surface area contributed by atoms with Gasteiger partial charge in [-0.05, 0) is 37.3 Å². The lowest BCUT2D eigenvalue weighted by molar-refractivity contribution is -0.131. The molecule has 2 aromatic carbocycles. The molecular formula is C18H15Cl2FN2O3. The van der Waals surface area contributed by atoms with E-state index >= 15 is 0 Å². The van der Waals surface area contributed by atoms with Crippen molar-refractivity contribution in [1.82, 2.24) is 10.9 Å². The molecule has 2 rings (SSSR count). The van der Waals surface area contributed by atoms with E-state index in [0.29, 0.717) is 15.6 Å². The summed E-state index contributed by atoms with van der Waals surface area (Å²) >= 11 is 12.0. The molecular weight excluding hydrogens is 382 g/mol. The van der Waals surface area contributed by atoms with Crippen LogP contribution in [0.25, 0.3) is 6.08 Å². The van der Waals surface area contributed by atoms with Gasteiger partial charge in [0.2, 0.25) is 0 Å². The summed E-state index contributed by atoms with van der Waals surface area (Å²) in [6, 6.07) is 10.6. The Kier molecular flexibility index (Phi) is 7.00. The Morgan fingerprint density at radius 2 is 1.73 bits per heavy atom. The van der Waals surface area contributed by atoms with Crippen LogP contribution in [0.5, 0.6) is 5.75 Å². The Morgan fingerprint density at radius 1 is 1.08 bits per heavy atom. The van der Waals surface area contributed by atoms with Gasteiger partial charge in [-0.1, -0.05) is 41.4 Å². The molecule has 0 spiro atoms. The Balaban J connectivity index is 1.87. The molecule has 0 heterocycles. The highest BCUT2D eigenvalue weighted by Crippen LogP contribution is 2.25. The number of ether oxygens (including phenoxy) is 1. The second-order valence-corrected chi connectivity index (χ2v) is 5.95. The number of halogens is 3. The molecule has 0 unspecified atom stereocenters. The monoisotopic (exact) mass is 396 g/mol. The van der Waals surface area contributed by atoms with Crippen LogP contribution in [0.4, 0.5) is 4.39 Å². The third-order valence-electron chi connectivity index (χ3n) is 3.22. The van der Waals surface area contributed by atoms with E-state index in [1.807, 2.05) is 0 Å². The van der Waals surface area contributed by atoms with E-state index in [0.717, 1.165) is 6.08 Å². The van der Waals surface area contributed by atoms with Crippen LogP contribution in [0.2, 0.25) is 10.0 Å². The van der Waals surface area contributed by atoms with Gasteiger partial charge in [-0.25, -0.2) is 4.39 Å². The lowest BCUT2D eigenvalue weighted by Gasteiger charge is -2.15. The number of hydrogen-bond acceptors (Lipinski definition) is 3. The number of amides is 2. The van der Waals surface area contributed by atoms with Crippen LogP contribution < -0.4 is 15.6 Å². The lowest BCUT2D eigenvalue weighted by Crippen LogP contribution is -2.46. The highest BCUT2D eigenvalue weighted by atomic mass is 35.5. The van der Waals surface area contributed by atoms with Gasteiger partial charge in [-0.3, -0.25) is 20.4 Å². The SMILES string of the molecule is C[C@@H](Oc1ccccc1F)C(=O)NNC(=O)/C=C/c1c(Cl)cccc1Cl. The van der Waals surface area contributed by atoms with Crippen molar-refractivity contribution in [1.29, 1.82) is 0 Å². The zero-order valence-corrected chi connectivity index (χ0v) is 15.1. The first kappa shape index (κ1) is 19.8. The minimum Gasteiger partial charge on any atom is -0.478 e. The van der Waals surface area contributed by atoms with Crippen molar-refractivity contribution < 1.29 is 18.7 Å². The molecule has 0 aliphatic heterocycles. The summed E-state index contributed by atoms with van der Waals surface area (Å²) in [5.74, 6) is -1.90. The van der Waals surface area contributed by atoms with Gasteiger partial charge in [0.25, 0.3) is 11.8 Å². The van der Waals surface area contributed by atoms with Crippen molar-refractivity contribution in [2.75, 3.05) is 0 Å². The molecule has 0 radical (unpaired) electrons. The van der Waals surface area contributed by atoms with Crippen molar-refractivity contribution >= 4 is 41.1 Å². The standard InChI is InChI=1S/C18H15Cl2FN2O3/c1-11(26-16-8-3-2-7-15(16)21)18(25)23-22-17(24)10-9-12-13(19)5-4-6-14(12)20/h2-11H,1H3,(H,22,24)(H,23,25)/b10-9+/t11-/m1/s1. The molecule has 0 saturated carbocycles. The maximum atomic E-state index is 13.5. The Morgan fingerprint density at radius 3 is 2.38 bits per heavy atom. The number of carbonyl (C=O) groups excluding carboxylic acids is 2. The van der Waals surface area contributed by atoms with Crippen molar-refractivity contribution in [2.24, 2.45) is 0 Å². The first-order valence-corrected chi connectivity index (χ1v) is 8.27. The van der Waals surface area contributed by atoms with E-state index in [1.54, 1.807) is 24.3 Å². The molecule has 2 N–H and O–H groups in total. The van der Waals surface area contributed by atoms with E-state index < -0.39 is 23.7 Å². The van der Waals surface area contributed by atoms with Crippen molar-refractivity contribution in [3.05, 3.63) is 70.0 Å². The van der Waals surface area contributed by atoms with Gasteiger partial charge in [0.1, 0.15) is 0 Å². The third kappa shape index (κ3) is 5.47. The Labute approximate surface area is 159 Å². The summed E-state index contributed by atoms with van der Waals surface area (Å²) in [6.07, 6.45) is 1.57. The molecule has 5 nitrogen and oxygen atoms in total. The van der Waals surface area contributed by atoms with Crippen molar-refractivity contribution in [3.63, 3.8) is 0 Å². The van der Waals surface area contributed by atoms with Gasteiger partial charge in [-0.15, -0.1) is 0 Å². The zero-order valence-electron chi connectivity index (χ0n) is 13.6. The molecule has 0 aliphatic carbocycles. The summed E-state index contributed by atoms with van der Waals surface area (Å²) in [4.78, 5) is 23.7. The van der Waals surface area contributed by atoms with E-state index in [1.165, 1.54) is 31.2 Å². The van der Waals surface area contributed by atoms with Gasteiger partial charge in [0, 0.05) is 21.7 Å². The molecule has 0 aromatic heterocycles. The number of hydrazine groups is 1. The molecule has 0 saturated heterocycles. The zero-order chi connectivity index (χ0) is 19.1. The van der Waals surface area contributed by atoms with Gasteiger partial charge in [0.05, 0.1) is 0 Å². The summed E-state index contributed by atoms with van der Waals surface area (Å²) in [5, 5.41) is 0.773. The first-order chi connectivity index (χ1) is 12.4. The van der Waals surface area contributed by atoms with Crippen LogP contribution in [-0.4, -0.2) is 17.9 Å². The van der Waals surface area contributed by atoms with Gasteiger partial charge in [0.15, 0.2) is 17.7 Å². The summed E-state index contributed by atoms with van der Waals surface area (Å²) in [5.41, 5.74) is 4.85. The van der Waals surface area contributed by atoms with Gasteiger partial charge >= 0.3 is 0 Å². The van der Waals surface area contributed by atoms with Crippen LogP contribution in [0, 0.1) is 5.82 Å². The van der Waals surface area contributed by atoms with E-state index in [2.05, 4.69) is 10.9 Å². The number of para-hydroxylation sites is 1. The normalized spacial score (nSPS) is 11.8.